The van der Waals surface area contributed by atoms with Crippen LogP contribution in [0, 0.1) is 17.1 Å². The van der Waals surface area contributed by atoms with Crippen molar-refractivity contribution in [2.24, 2.45) is 7.05 Å². The molecule has 0 saturated carbocycles. The molecule has 0 amide bonds. The van der Waals surface area contributed by atoms with Gasteiger partial charge in [-0.3, -0.25) is 18.8 Å². The average molecular weight is 355 g/mol. The topological polar surface area (TPSA) is 103 Å². The highest BCUT2D eigenvalue weighted by Crippen LogP contribution is 2.11. The van der Waals surface area contributed by atoms with Crippen LogP contribution in [0.25, 0.3) is 11.0 Å². The molecule has 0 atom stereocenters. The van der Waals surface area contributed by atoms with Crippen LogP contribution in [-0.2, 0) is 29.7 Å². The maximum absolute atomic E-state index is 13.7. The molecule has 2 aromatic heterocycles. The van der Waals surface area contributed by atoms with Crippen LogP contribution in [0.15, 0.2) is 35.5 Å². The van der Waals surface area contributed by atoms with Gasteiger partial charge in [0.15, 0.2) is 5.65 Å². The number of ether oxygens (including phenoxy) is 1. The summed E-state index contributed by atoms with van der Waals surface area (Å²) >= 11 is 0. The van der Waals surface area contributed by atoms with E-state index in [9.17, 15) is 14.0 Å². The number of halogens is 1. The number of fused-ring (bicyclic) bond motifs is 1. The molecule has 0 fully saturated rings. The summed E-state index contributed by atoms with van der Waals surface area (Å²) in [6, 6.07) is 5.75. The molecular weight excluding hydrogens is 341 g/mol. The normalized spacial score (nSPS) is 10.7. The molecule has 26 heavy (non-hydrogen) atoms. The fraction of sp³-hybridized carbons (Fsp3) is 0.235. The summed E-state index contributed by atoms with van der Waals surface area (Å²) in [6.45, 7) is -0.156. The molecule has 0 radical (unpaired) electrons. The number of aryl methyl sites for hydroxylation is 2. The number of aromatic nitrogens is 4. The number of benzene rings is 1. The van der Waals surface area contributed by atoms with Crippen molar-refractivity contribution in [3.63, 3.8) is 0 Å². The first-order valence-electron chi connectivity index (χ1n) is 7.71. The van der Waals surface area contributed by atoms with Crippen LogP contribution in [0.1, 0.15) is 17.5 Å². The van der Waals surface area contributed by atoms with Crippen LogP contribution >= 0.6 is 0 Å². The van der Waals surface area contributed by atoms with Crippen LogP contribution in [0.5, 0.6) is 0 Å². The Labute approximate surface area is 147 Å². The predicted molar refractivity (Wildman–Crippen MR) is 88.3 cm³/mol. The second kappa shape index (κ2) is 7.14. The second-order valence-electron chi connectivity index (χ2n) is 5.58. The van der Waals surface area contributed by atoms with Crippen LogP contribution in [0.3, 0.4) is 0 Å². The smallest absolute Gasteiger partial charge is 0.307 e. The molecule has 1 aromatic carbocycles. The zero-order chi connectivity index (χ0) is 18.7. The number of esters is 1. The van der Waals surface area contributed by atoms with Crippen molar-refractivity contribution in [3.8, 4) is 6.07 Å². The Morgan fingerprint density at radius 3 is 2.96 bits per heavy atom. The van der Waals surface area contributed by atoms with Crippen molar-refractivity contribution in [1.29, 1.82) is 5.26 Å². The van der Waals surface area contributed by atoms with E-state index < -0.39 is 11.8 Å². The summed E-state index contributed by atoms with van der Waals surface area (Å²) in [4.78, 5) is 28.3. The summed E-state index contributed by atoms with van der Waals surface area (Å²) in [5, 5.41) is 13.0. The Kier molecular flexibility index (Phi) is 4.75. The van der Waals surface area contributed by atoms with E-state index in [1.54, 1.807) is 7.05 Å². The van der Waals surface area contributed by atoms with Gasteiger partial charge in [-0.15, -0.1) is 0 Å². The molecule has 0 aliphatic heterocycles. The van der Waals surface area contributed by atoms with E-state index in [1.807, 2.05) is 6.07 Å². The third-order valence-corrected chi connectivity index (χ3v) is 3.85. The Morgan fingerprint density at radius 1 is 1.42 bits per heavy atom. The molecule has 0 N–H and O–H groups in total. The first-order valence-corrected chi connectivity index (χ1v) is 7.71. The maximum atomic E-state index is 13.7. The van der Waals surface area contributed by atoms with E-state index in [0.717, 1.165) is 6.07 Å². The van der Waals surface area contributed by atoms with Crippen molar-refractivity contribution < 1.29 is 13.9 Å². The SMILES string of the molecule is Cn1ncc2c(=O)n(CCC(=O)OCc3ccc(C#N)cc3F)cnc21. The number of nitriles is 1. The van der Waals surface area contributed by atoms with Gasteiger partial charge in [0, 0.05) is 19.2 Å². The van der Waals surface area contributed by atoms with Crippen LogP contribution < -0.4 is 5.56 Å². The van der Waals surface area contributed by atoms with Gasteiger partial charge >= 0.3 is 5.97 Å². The Hall–Kier alpha value is -3.54. The van der Waals surface area contributed by atoms with Crippen LogP contribution in [-0.4, -0.2) is 25.3 Å². The lowest BCUT2D eigenvalue weighted by Gasteiger charge is -2.07. The first-order chi connectivity index (χ1) is 12.5. The van der Waals surface area contributed by atoms with Gasteiger partial charge in [-0.25, -0.2) is 9.37 Å². The third kappa shape index (κ3) is 3.44. The average Bonchev–Trinajstić information content (AvgIpc) is 3.02. The van der Waals surface area contributed by atoms with Crippen molar-refractivity contribution >= 4 is 17.0 Å². The van der Waals surface area contributed by atoms with Gasteiger partial charge in [0.25, 0.3) is 5.56 Å². The number of hydrogen-bond donors (Lipinski definition) is 0. The minimum Gasteiger partial charge on any atom is -0.461 e. The minimum atomic E-state index is -0.612. The number of carbonyl (C=O) groups is 1. The van der Waals surface area contributed by atoms with E-state index in [4.69, 9.17) is 10.00 Å². The highest BCUT2D eigenvalue weighted by atomic mass is 19.1. The molecule has 0 saturated heterocycles. The molecule has 8 nitrogen and oxygen atoms in total. The molecule has 0 bridgehead atoms. The predicted octanol–water partition coefficient (Wildman–Crippen LogP) is 1.27. The molecule has 9 heteroatoms. The first kappa shape index (κ1) is 17.3. The van der Waals surface area contributed by atoms with E-state index in [2.05, 4.69) is 10.1 Å². The third-order valence-electron chi connectivity index (χ3n) is 3.85. The zero-order valence-corrected chi connectivity index (χ0v) is 13.8. The molecule has 2 heterocycles. The quantitative estimate of drug-likeness (QED) is 0.639. The Morgan fingerprint density at radius 2 is 2.23 bits per heavy atom. The number of carbonyl (C=O) groups excluding carboxylic acids is 1. The van der Waals surface area contributed by atoms with E-state index in [-0.39, 0.29) is 36.3 Å². The van der Waals surface area contributed by atoms with Gasteiger partial charge < -0.3 is 4.74 Å². The van der Waals surface area contributed by atoms with E-state index in [0.29, 0.717) is 11.0 Å². The summed E-state index contributed by atoms with van der Waals surface area (Å²) in [5.74, 6) is -1.19. The molecule has 0 aliphatic rings. The summed E-state index contributed by atoms with van der Waals surface area (Å²) in [7, 11) is 1.68. The second-order valence-corrected chi connectivity index (χ2v) is 5.58. The molecular formula is C17H14FN5O3. The van der Waals surface area contributed by atoms with E-state index in [1.165, 1.54) is 33.9 Å². The van der Waals surface area contributed by atoms with Crippen molar-refractivity contribution in [3.05, 3.63) is 58.0 Å². The molecule has 3 aromatic rings. The van der Waals surface area contributed by atoms with Gasteiger partial charge in [-0.2, -0.15) is 10.4 Å². The van der Waals surface area contributed by atoms with Gasteiger partial charge in [-0.05, 0) is 12.1 Å². The minimum absolute atomic E-state index is 0.0642. The lowest BCUT2D eigenvalue weighted by atomic mass is 10.1. The highest BCUT2D eigenvalue weighted by molar-refractivity contribution is 5.73. The van der Waals surface area contributed by atoms with Gasteiger partial charge in [0.1, 0.15) is 17.8 Å². The fourth-order valence-electron chi connectivity index (χ4n) is 2.40. The van der Waals surface area contributed by atoms with Gasteiger partial charge in [-0.1, -0.05) is 6.07 Å². The molecule has 0 unspecified atom stereocenters. The van der Waals surface area contributed by atoms with Crippen molar-refractivity contribution in [2.45, 2.75) is 19.6 Å². The molecule has 0 aliphatic carbocycles. The van der Waals surface area contributed by atoms with Gasteiger partial charge in [0.2, 0.25) is 0 Å². The van der Waals surface area contributed by atoms with Crippen LogP contribution in [0.4, 0.5) is 4.39 Å². The standard InChI is InChI=1S/C17H14FN5O3/c1-22-16-13(8-21-22)17(25)23(10-20-16)5-4-15(24)26-9-12-3-2-11(7-19)6-14(12)18/h2-3,6,8,10H,4-5,9H2,1H3. The van der Waals surface area contributed by atoms with Crippen molar-refractivity contribution in [1.82, 2.24) is 19.3 Å². The Bertz CT molecular complexity index is 1080. The molecule has 3 rings (SSSR count). The molecule has 132 valence electrons. The number of hydrogen-bond acceptors (Lipinski definition) is 6. The number of nitrogens with zero attached hydrogens (tertiary/aromatic N) is 5. The lowest BCUT2D eigenvalue weighted by Crippen LogP contribution is -2.22. The maximum Gasteiger partial charge on any atom is 0.307 e. The summed E-state index contributed by atoms with van der Waals surface area (Å²) in [6.07, 6.45) is 2.71. The number of rotatable bonds is 5. The lowest BCUT2D eigenvalue weighted by molar-refractivity contribution is -0.145. The van der Waals surface area contributed by atoms with Crippen LogP contribution in [0.2, 0.25) is 0 Å². The van der Waals surface area contributed by atoms with Crippen molar-refractivity contribution in [2.75, 3.05) is 0 Å². The Balaban J connectivity index is 1.60. The zero-order valence-electron chi connectivity index (χ0n) is 13.8. The van der Waals surface area contributed by atoms with E-state index >= 15 is 0 Å². The fourth-order valence-corrected chi connectivity index (χ4v) is 2.40. The molecule has 0 spiro atoms. The highest BCUT2D eigenvalue weighted by Gasteiger charge is 2.11. The monoisotopic (exact) mass is 355 g/mol. The summed E-state index contributed by atoms with van der Waals surface area (Å²) < 4.78 is 21.5. The summed E-state index contributed by atoms with van der Waals surface area (Å²) in [5.41, 5.74) is 0.530. The largest absolute Gasteiger partial charge is 0.461 e. The van der Waals surface area contributed by atoms with Gasteiger partial charge in [0.05, 0.1) is 30.6 Å².